The zero-order valence-corrected chi connectivity index (χ0v) is 8.22. The van der Waals surface area contributed by atoms with Gasteiger partial charge in [-0.05, 0) is 26.7 Å². The van der Waals surface area contributed by atoms with Crippen molar-refractivity contribution in [2.75, 3.05) is 20.3 Å². The molecule has 1 rings (SSSR count). The van der Waals surface area contributed by atoms with Gasteiger partial charge < -0.3 is 9.47 Å². The van der Waals surface area contributed by atoms with Crippen LogP contribution in [0.5, 0.6) is 0 Å². The molecule has 1 N–H and O–H groups in total. The van der Waals surface area contributed by atoms with Crippen LogP contribution in [0.4, 0.5) is 0 Å². The van der Waals surface area contributed by atoms with Gasteiger partial charge in [0.15, 0.2) is 0 Å². The molecule has 0 radical (unpaired) electrons. The molecule has 3 heteroatoms. The van der Waals surface area contributed by atoms with Gasteiger partial charge in [-0.1, -0.05) is 0 Å². The summed E-state index contributed by atoms with van der Waals surface area (Å²) in [5.74, 6) is 0. The van der Waals surface area contributed by atoms with Gasteiger partial charge in [0.25, 0.3) is 0 Å². The van der Waals surface area contributed by atoms with E-state index >= 15 is 0 Å². The minimum atomic E-state index is -0.113. The van der Waals surface area contributed by atoms with Crippen LogP contribution in [-0.2, 0) is 9.47 Å². The molecule has 1 fully saturated rings. The largest absolute Gasteiger partial charge is 0.385 e. The van der Waals surface area contributed by atoms with Gasteiger partial charge in [0.05, 0.1) is 6.61 Å². The van der Waals surface area contributed by atoms with Gasteiger partial charge in [0.2, 0.25) is 0 Å². The van der Waals surface area contributed by atoms with Crippen molar-refractivity contribution >= 4 is 0 Å². The standard InChI is InChI=1S/C9H19NO2/c1-8-7-12-9(2,10-8)5-4-6-11-3/h8,10H,4-7H2,1-3H3. The second kappa shape index (κ2) is 4.21. The summed E-state index contributed by atoms with van der Waals surface area (Å²) in [4.78, 5) is 0. The monoisotopic (exact) mass is 173 g/mol. The Morgan fingerprint density at radius 1 is 1.67 bits per heavy atom. The van der Waals surface area contributed by atoms with Crippen molar-refractivity contribution in [1.29, 1.82) is 0 Å². The molecule has 0 aromatic carbocycles. The van der Waals surface area contributed by atoms with Crippen molar-refractivity contribution < 1.29 is 9.47 Å². The summed E-state index contributed by atoms with van der Waals surface area (Å²) >= 11 is 0. The SMILES string of the molecule is COCCCC1(C)NC(C)CO1. The quantitative estimate of drug-likeness (QED) is 0.647. The molecule has 1 aliphatic rings. The summed E-state index contributed by atoms with van der Waals surface area (Å²) in [6, 6.07) is 0.484. The summed E-state index contributed by atoms with van der Waals surface area (Å²) in [7, 11) is 1.73. The van der Waals surface area contributed by atoms with Crippen molar-refractivity contribution in [3.63, 3.8) is 0 Å². The summed E-state index contributed by atoms with van der Waals surface area (Å²) in [5, 5.41) is 3.41. The number of ether oxygens (including phenoxy) is 2. The second-order valence-corrected chi connectivity index (χ2v) is 3.68. The lowest BCUT2D eigenvalue weighted by atomic mass is 10.1. The molecule has 1 saturated heterocycles. The van der Waals surface area contributed by atoms with Crippen molar-refractivity contribution in [3.8, 4) is 0 Å². The number of hydrogen-bond acceptors (Lipinski definition) is 3. The minimum absolute atomic E-state index is 0.113. The summed E-state index contributed by atoms with van der Waals surface area (Å²) in [5.41, 5.74) is -0.113. The molecule has 1 aliphatic heterocycles. The first kappa shape index (κ1) is 9.96. The normalized spacial score (nSPS) is 35.8. The van der Waals surface area contributed by atoms with E-state index in [1.54, 1.807) is 7.11 Å². The van der Waals surface area contributed by atoms with Crippen LogP contribution in [-0.4, -0.2) is 32.1 Å². The van der Waals surface area contributed by atoms with E-state index < -0.39 is 0 Å². The van der Waals surface area contributed by atoms with Gasteiger partial charge in [-0.3, -0.25) is 5.32 Å². The molecule has 0 spiro atoms. The highest BCUT2D eigenvalue weighted by atomic mass is 16.5. The van der Waals surface area contributed by atoms with Crippen LogP contribution in [0.1, 0.15) is 26.7 Å². The van der Waals surface area contributed by atoms with E-state index in [4.69, 9.17) is 9.47 Å². The Bertz CT molecular complexity index is 140. The predicted molar refractivity (Wildman–Crippen MR) is 48.1 cm³/mol. The van der Waals surface area contributed by atoms with Crippen molar-refractivity contribution in [3.05, 3.63) is 0 Å². The van der Waals surface area contributed by atoms with Crippen LogP contribution in [0, 0.1) is 0 Å². The molecule has 0 saturated carbocycles. The Kier molecular flexibility index (Phi) is 3.50. The summed E-state index contributed by atoms with van der Waals surface area (Å²) < 4.78 is 10.6. The van der Waals surface area contributed by atoms with Crippen molar-refractivity contribution in [2.24, 2.45) is 0 Å². The van der Waals surface area contributed by atoms with Gasteiger partial charge in [-0.25, -0.2) is 0 Å². The molecule has 72 valence electrons. The number of rotatable bonds is 4. The molecule has 2 unspecified atom stereocenters. The summed E-state index contributed by atoms with van der Waals surface area (Å²) in [6.45, 7) is 5.88. The molecule has 1 heterocycles. The minimum Gasteiger partial charge on any atom is -0.385 e. The fourth-order valence-corrected chi connectivity index (χ4v) is 1.61. The maximum absolute atomic E-state index is 5.63. The van der Waals surface area contributed by atoms with Gasteiger partial charge in [0.1, 0.15) is 5.72 Å². The van der Waals surface area contributed by atoms with Crippen LogP contribution in [0.15, 0.2) is 0 Å². The lowest BCUT2D eigenvalue weighted by molar-refractivity contribution is -0.00666. The molecule has 3 nitrogen and oxygen atoms in total. The maximum atomic E-state index is 5.63. The van der Waals surface area contributed by atoms with E-state index in [-0.39, 0.29) is 5.72 Å². The van der Waals surface area contributed by atoms with Crippen LogP contribution in [0.3, 0.4) is 0 Å². The molecular weight excluding hydrogens is 154 g/mol. The van der Waals surface area contributed by atoms with Crippen molar-refractivity contribution in [1.82, 2.24) is 5.32 Å². The second-order valence-electron chi connectivity index (χ2n) is 3.68. The fourth-order valence-electron chi connectivity index (χ4n) is 1.61. The Morgan fingerprint density at radius 2 is 2.42 bits per heavy atom. The first-order chi connectivity index (χ1) is 5.66. The van der Waals surface area contributed by atoms with E-state index in [0.29, 0.717) is 6.04 Å². The Hall–Kier alpha value is -0.120. The van der Waals surface area contributed by atoms with Crippen LogP contribution >= 0.6 is 0 Å². The lowest BCUT2D eigenvalue weighted by Gasteiger charge is -2.23. The third kappa shape index (κ3) is 2.73. The average Bonchev–Trinajstić information content (AvgIpc) is 2.32. The highest BCUT2D eigenvalue weighted by Gasteiger charge is 2.32. The Morgan fingerprint density at radius 3 is 2.92 bits per heavy atom. The van der Waals surface area contributed by atoms with Crippen molar-refractivity contribution in [2.45, 2.75) is 38.5 Å². The third-order valence-corrected chi connectivity index (χ3v) is 2.21. The molecule has 0 bridgehead atoms. The van der Waals surface area contributed by atoms with Crippen LogP contribution in [0.25, 0.3) is 0 Å². The molecule has 12 heavy (non-hydrogen) atoms. The first-order valence-corrected chi connectivity index (χ1v) is 4.57. The maximum Gasteiger partial charge on any atom is 0.116 e. The van der Waals surface area contributed by atoms with Crippen LogP contribution in [0.2, 0.25) is 0 Å². The van der Waals surface area contributed by atoms with Gasteiger partial charge in [-0.2, -0.15) is 0 Å². The fraction of sp³-hybridized carbons (Fsp3) is 1.00. The van der Waals surface area contributed by atoms with E-state index in [0.717, 1.165) is 26.1 Å². The van der Waals surface area contributed by atoms with E-state index in [1.165, 1.54) is 0 Å². The van der Waals surface area contributed by atoms with E-state index in [9.17, 15) is 0 Å². The van der Waals surface area contributed by atoms with Crippen LogP contribution < -0.4 is 5.32 Å². The summed E-state index contributed by atoms with van der Waals surface area (Å²) in [6.07, 6.45) is 2.07. The zero-order chi connectivity index (χ0) is 9.03. The van der Waals surface area contributed by atoms with E-state index in [2.05, 4.69) is 19.2 Å². The number of nitrogens with one attached hydrogen (secondary N) is 1. The highest BCUT2D eigenvalue weighted by Crippen LogP contribution is 2.20. The molecule has 0 amide bonds. The Balaban J connectivity index is 2.21. The molecular formula is C9H19NO2. The number of methoxy groups -OCH3 is 1. The molecule has 0 aromatic rings. The first-order valence-electron chi connectivity index (χ1n) is 4.57. The topological polar surface area (TPSA) is 30.5 Å². The molecule has 0 aliphatic carbocycles. The number of hydrogen-bond donors (Lipinski definition) is 1. The van der Waals surface area contributed by atoms with Gasteiger partial charge >= 0.3 is 0 Å². The van der Waals surface area contributed by atoms with Gasteiger partial charge in [-0.15, -0.1) is 0 Å². The van der Waals surface area contributed by atoms with Gasteiger partial charge in [0, 0.05) is 19.8 Å². The third-order valence-electron chi connectivity index (χ3n) is 2.21. The molecule has 0 aromatic heterocycles. The predicted octanol–water partition coefficient (Wildman–Crippen LogP) is 1.14. The average molecular weight is 173 g/mol. The highest BCUT2D eigenvalue weighted by molar-refractivity contribution is 4.82. The zero-order valence-electron chi connectivity index (χ0n) is 8.22. The van der Waals surface area contributed by atoms with E-state index in [1.807, 2.05) is 0 Å². The lowest BCUT2D eigenvalue weighted by Crippen LogP contribution is -2.40. The Labute approximate surface area is 74.4 Å². The smallest absolute Gasteiger partial charge is 0.116 e. The molecule has 2 atom stereocenters.